The second-order valence-corrected chi connectivity index (χ2v) is 3.95. The summed E-state index contributed by atoms with van der Waals surface area (Å²) in [6.07, 6.45) is -1.22. The quantitative estimate of drug-likeness (QED) is 0.438. The van der Waals surface area contributed by atoms with Crippen molar-refractivity contribution in [3.05, 3.63) is 24.3 Å². The number of methoxy groups -OCH3 is 1. The molecule has 0 N–H and O–H groups in total. The van der Waals surface area contributed by atoms with Crippen molar-refractivity contribution in [2.24, 2.45) is 0 Å². The van der Waals surface area contributed by atoms with Gasteiger partial charge in [-0.25, -0.2) is 14.4 Å². The van der Waals surface area contributed by atoms with Crippen LogP contribution in [-0.4, -0.2) is 44.5 Å². The molecule has 0 saturated carbocycles. The van der Waals surface area contributed by atoms with E-state index in [1.807, 2.05) is 0 Å². The van der Waals surface area contributed by atoms with Gasteiger partial charge in [0.15, 0.2) is 6.10 Å². The summed E-state index contributed by atoms with van der Waals surface area (Å²) < 4.78 is 18.1. The van der Waals surface area contributed by atoms with E-state index >= 15 is 0 Å². The Hall–Kier alpha value is -2.31. The van der Waals surface area contributed by atoms with Crippen LogP contribution in [0.2, 0.25) is 0 Å². The van der Waals surface area contributed by atoms with Crippen LogP contribution < -0.4 is 0 Å². The molecule has 1 aliphatic rings. The normalized spacial score (nSPS) is 15.9. The summed E-state index contributed by atoms with van der Waals surface area (Å²) >= 11 is 0. The van der Waals surface area contributed by atoms with E-state index in [0.29, 0.717) is 11.1 Å². The minimum atomic E-state index is -0.726. The lowest BCUT2D eigenvalue weighted by Crippen LogP contribution is -2.20. The highest BCUT2D eigenvalue weighted by Crippen LogP contribution is 2.06. The number of carbonyl (C=O) groups excluding carboxylic acids is 3. The molecule has 1 fully saturated rings. The van der Waals surface area contributed by atoms with Crippen molar-refractivity contribution in [1.29, 1.82) is 0 Å². The molecule has 1 rings (SSSR count). The molecule has 0 aromatic carbocycles. The van der Waals surface area contributed by atoms with Gasteiger partial charge in [0, 0.05) is 11.1 Å². The van der Waals surface area contributed by atoms with Gasteiger partial charge in [0.1, 0.15) is 13.2 Å². The van der Waals surface area contributed by atoms with E-state index in [1.165, 1.54) is 7.11 Å². The summed E-state index contributed by atoms with van der Waals surface area (Å²) in [5.41, 5.74) is 0.743. The summed E-state index contributed by atoms with van der Waals surface area (Å²) in [6, 6.07) is 0. The number of carbonyl (C=O) groups is 3. The lowest BCUT2D eigenvalue weighted by Gasteiger charge is -2.06. The van der Waals surface area contributed by atoms with Crippen LogP contribution in [0.1, 0.15) is 13.8 Å². The minimum absolute atomic E-state index is 0.0113. The van der Waals surface area contributed by atoms with Crippen LogP contribution in [0.25, 0.3) is 0 Å². The van der Waals surface area contributed by atoms with E-state index in [9.17, 15) is 14.4 Å². The molecule has 0 aromatic heterocycles. The lowest BCUT2D eigenvalue weighted by atomic mass is 10.3. The predicted molar refractivity (Wildman–Crippen MR) is 68.8 cm³/mol. The topological polar surface area (TPSA) is 88.1 Å². The van der Waals surface area contributed by atoms with Crippen molar-refractivity contribution in [1.82, 2.24) is 0 Å². The fourth-order valence-corrected chi connectivity index (χ4v) is 0.913. The van der Waals surface area contributed by atoms with Crippen molar-refractivity contribution >= 4 is 18.1 Å². The summed E-state index contributed by atoms with van der Waals surface area (Å²) in [6.45, 7) is 10.0. The first-order valence-corrected chi connectivity index (χ1v) is 5.67. The highest BCUT2D eigenvalue weighted by atomic mass is 16.8. The Labute approximate surface area is 117 Å². The molecule has 20 heavy (non-hydrogen) atoms. The van der Waals surface area contributed by atoms with Crippen LogP contribution in [0.5, 0.6) is 0 Å². The van der Waals surface area contributed by atoms with Gasteiger partial charge in [-0.3, -0.25) is 0 Å². The molecule has 112 valence electrons. The first-order valence-electron chi connectivity index (χ1n) is 5.67. The largest absolute Gasteiger partial charge is 0.508 e. The number of cyclic esters (lactones) is 2. The maximum absolute atomic E-state index is 10.9. The van der Waals surface area contributed by atoms with Crippen LogP contribution in [0.4, 0.5) is 4.79 Å². The third-order valence-electron chi connectivity index (χ3n) is 1.93. The highest BCUT2D eigenvalue weighted by Gasteiger charge is 2.26. The molecular formula is C13H18O7. The van der Waals surface area contributed by atoms with Gasteiger partial charge in [-0.05, 0) is 13.8 Å². The molecule has 7 nitrogen and oxygen atoms in total. The first kappa shape index (κ1) is 17.7. The van der Waals surface area contributed by atoms with Crippen molar-refractivity contribution in [3.8, 4) is 0 Å². The van der Waals surface area contributed by atoms with Crippen LogP contribution in [0.15, 0.2) is 24.3 Å². The van der Waals surface area contributed by atoms with Gasteiger partial charge in [-0.2, -0.15) is 0 Å². The average molecular weight is 286 g/mol. The Kier molecular flexibility index (Phi) is 7.72. The number of hydrogen-bond donors (Lipinski definition) is 0. The second kappa shape index (κ2) is 8.73. The van der Waals surface area contributed by atoms with Gasteiger partial charge in [0.25, 0.3) is 0 Å². The SMILES string of the molecule is C=C(C)C(=O)OC.C=C(C)C(=O)OCC1COC(=O)O1. The Morgan fingerprint density at radius 2 is 1.80 bits per heavy atom. The van der Waals surface area contributed by atoms with Gasteiger partial charge in [-0.1, -0.05) is 13.2 Å². The van der Waals surface area contributed by atoms with Gasteiger partial charge in [0.2, 0.25) is 0 Å². The zero-order valence-electron chi connectivity index (χ0n) is 11.8. The summed E-state index contributed by atoms with van der Waals surface area (Å²) in [5, 5.41) is 0. The van der Waals surface area contributed by atoms with E-state index in [0.717, 1.165) is 0 Å². The number of esters is 2. The highest BCUT2D eigenvalue weighted by molar-refractivity contribution is 5.87. The van der Waals surface area contributed by atoms with Crippen molar-refractivity contribution in [2.45, 2.75) is 20.0 Å². The zero-order valence-corrected chi connectivity index (χ0v) is 11.8. The molecule has 0 spiro atoms. The minimum Gasteiger partial charge on any atom is -0.466 e. The Balaban J connectivity index is 0.000000441. The van der Waals surface area contributed by atoms with Crippen LogP contribution >= 0.6 is 0 Å². The number of ether oxygens (including phenoxy) is 4. The fourth-order valence-electron chi connectivity index (χ4n) is 0.913. The van der Waals surface area contributed by atoms with Gasteiger partial charge >= 0.3 is 18.1 Å². The zero-order chi connectivity index (χ0) is 15.7. The molecule has 0 amide bonds. The number of hydrogen-bond acceptors (Lipinski definition) is 7. The lowest BCUT2D eigenvalue weighted by molar-refractivity contribution is -0.141. The Bertz CT molecular complexity index is 411. The van der Waals surface area contributed by atoms with Gasteiger partial charge < -0.3 is 18.9 Å². The molecule has 7 heteroatoms. The molecule has 1 saturated heterocycles. The maximum atomic E-state index is 10.9. The van der Waals surface area contributed by atoms with Crippen LogP contribution in [-0.2, 0) is 28.5 Å². The molecule has 1 aliphatic heterocycles. The standard InChI is InChI=1S/C8H10O5.C5H8O2/c1-5(2)7(9)11-3-6-4-12-8(10)13-6;1-4(2)5(6)7-3/h6H,1,3-4H2,2H3;1H2,2-3H3. The third kappa shape index (κ3) is 7.20. The monoisotopic (exact) mass is 286 g/mol. The van der Waals surface area contributed by atoms with E-state index in [4.69, 9.17) is 4.74 Å². The predicted octanol–water partition coefficient (Wildman–Crippen LogP) is 1.38. The number of rotatable bonds is 4. The van der Waals surface area contributed by atoms with E-state index < -0.39 is 18.2 Å². The molecule has 0 aliphatic carbocycles. The smallest absolute Gasteiger partial charge is 0.466 e. The molecule has 1 atom stereocenters. The summed E-state index contributed by atoms with van der Waals surface area (Å²) in [5.74, 6) is -0.844. The molecular weight excluding hydrogens is 268 g/mol. The summed E-state index contributed by atoms with van der Waals surface area (Å²) in [7, 11) is 1.33. The Morgan fingerprint density at radius 1 is 1.25 bits per heavy atom. The van der Waals surface area contributed by atoms with Gasteiger partial charge in [0.05, 0.1) is 7.11 Å². The molecule has 1 unspecified atom stereocenters. The van der Waals surface area contributed by atoms with Crippen molar-refractivity contribution < 1.29 is 33.3 Å². The van der Waals surface area contributed by atoms with E-state index in [1.54, 1.807) is 13.8 Å². The molecule has 1 heterocycles. The second-order valence-electron chi connectivity index (χ2n) is 3.95. The van der Waals surface area contributed by atoms with E-state index in [2.05, 4.69) is 27.4 Å². The van der Waals surface area contributed by atoms with Crippen LogP contribution in [0.3, 0.4) is 0 Å². The van der Waals surface area contributed by atoms with Crippen LogP contribution in [0, 0.1) is 0 Å². The fraction of sp³-hybridized carbons (Fsp3) is 0.462. The average Bonchev–Trinajstić information content (AvgIpc) is 2.81. The van der Waals surface area contributed by atoms with Crippen molar-refractivity contribution in [2.75, 3.05) is 20.3 Å². The third-order valence-corrected chi connectivity index (χ3v) is 1.93. The molecule has 0 bridgehead atoms. The Morgan fingerprint density at radius 3 is 2.10 bits per heavy atom. The van der Waals surface area contributed by atoms with E-state index in [-0.39, 0.29) is 19.2 Å². The molecule has 0 aromatic rings. The summed E-state index contributed by atoms with van der Waals surface area (Å²) in [4.78, 5) is 31.5. The molecule has 0 radical (unpaired) electrons. The first-order chi connectivity index (χ1) is 9.27. The van der Waals surface area contributed by atoms with Gasteiger partial charge in [-0.15, -0.1) is 0 Å². The maximum Gasteiger partial charge on any atom is 0.508 e. The van der Waals surface area contributed by atoms with Crippen molar-refractivity contribution in [3.63, 3.8) is 0 Å².